The lowest BCUT2D eigenvalue weighted by Gasteiger charge is -2.12. The zero-order valence-corrected chi connectivity index (χ0v) is 10.2. The smallest absolute Gasteiger partial charge is 0.161 e. The second kappa shape index (κ2) is 3.98. The molecule has 3 heteroatoms. The Kier molecular flexibility index (Phi) is 2.80. The van der Waals surface area contributed by atoms with E-state index < -0.39 is 6.10 Å². The lowest BCUT2D eigenvalue weighted by Crippen LogP contribution is -2.04. The summed E-state index contributed by atoms with van der Waals surface area (Å²) >= 11 is 0. The first-order valence-corrected chi connectivity index (χ1v) is 5.54. The van der Waals surface area contributed by atoms with Gasteiger partial charge in [0.1, 0.15) is 0 Å². The van der Waals surface area contributed by atoms with E-state index in [-0.39, 0.29) is 5.92 Å². The maximum atomic E-state index is 10.1. The van der Waals surface area contributed by atoms with Gasteiger partial charge in [-0.1, -0.05) is 13.8 Å². The van der Waals surface area contributed by atoms with Gasteiger partial charge in [0, 0.05) is 0 Å². The summed E-state index contributed by atoms with van der Waals surface area (Å²) in [7, 11) is 3.24. The highest BCUT2D eigenvalue weighted by molar-refractivity contribution is 5.51. The third kappa shape index (κ3) is 1.47. The molecule has 3 atom stereocenters. The zero-order valence-electron chi connectivity index (χ0n) is 10.2. The molecule has 16 heavy (non-hydrogen) atoms. The van der Waals surface area contributed by atoms with E-state index in [9.17, 15) is 5.11 Å². The van der Waals surface area contributed by atoms with Gasteiger partial charge in [0.25, 0.3) is 0 Å². The van der Waals surface area contributed by atoms with Crippen molar-refractivity contribution < 1.29 is 14.6 Å². The molecule has 0 spiro atoms. The molecule has 0 aliphatic heterocycles. The fourth-order valence-electron chi connectivity index (χ4n) is 2.40. The number of methoxy groups -OCH3 is 2. The molecule has 0 radical (unpaired) electrons. The van der Waals surface area contributed by atoms with Gasteiger partial charge in [0.05, 0.1) is 20.3 Å². The van der Waals surface area contributed by atoms with Crippen molar-refractivity contribution in [2.45, 2.75) is 25.9 Å². The lowest BCUT2D eigenvalue weighted by molar-refractivity contribution is 0.123. The molecule has 1 aliphatic carbocycles. The van der Waals surface area contributed by atoms with E-state index in [0.29, 0.717) is 11.7 Å². The van der Waals surface area contributed by atoms with E-state index in [1.807, 2.05) is 12.1 Å². The van der Waals surface area contributed by atoms with Crippen LogP contribution in [0.15, 0.2) is 12.1 Å². The van der Waals surface area contributed by atoms with Crippen molar-refractivity contribution in [3.8, 4) is 11.5 Å². The van der Waals surface area contributed by atoms with Crippen LogP contribution in [0.1, 0.15) is 37.0 Å². The fourth-order valence-corrected chi connectivity index (χ4v) is 2.40. The van der Waals surface area contributed by atoms with Gasteiger partial charge < -0.3 is 14.6 Å². The normalized spacial score (nSPS) is 27.7. The molecular weight excluding hydrogens is 204 g/mol. The molecule has 0 saturated heterocycles. The molecule has 1 aromatic carbocycles. The van der Waals surface area contributed by atoms with E-state index in [1.165, 1.54) is 0 Å². The van der Waals surface area contributed by atoms with Crippen molar-refractivity contribution in [2.75, 3.05) is 14.2 Å². The predicted molar refractivity (Wildman–Crippen MR) is 62.1 cm³/mol. The van der Waals surface area contributed by atoms with Crippen LogP contribution in [-0.2, 0) is 0 Å². The summed E-state index contributed by atoms with van der Waals surface area (Å²) in [4.78, 5) is 0. The van der Waals surface area contributed by atoms with Gasteiger partial charge in [0.2, 0.25) is 0 Å². The average Bonchev–Trinajstić information content (AvgIpc) is 2.52. The van der Waals surface area contributed by atoms with Gasteiger partial charge in [0.15, 0.2) is 11.5 Å². The van der Waals surface area contributed by atoms with Gasteiger partial charge in [-0.3, -0.25) is 0 Å². The highest BCUT2D eigenvalue weighted by atomic mass is 16.5. The van der Waals surface area contributed by atoms with Crippen molar-refractivity contribution in [2.24, 2.45) is 5.92 Å². The number of ether oxygens (including phenoxy) is 2. The van der Waals surface area contributed by atoms with Crippen molar-refractivity contribution in [3.63, 3.8) is 0 Å². The molecule has 88 valence electrons. The molecule has 3 unspecified atom stereocenters. The molecule has 0 aromatic heterocycles. The number of fused-ring (bicyclic) bond motifs is 1. The van der Waals surface area contributed by atoms with Gasteiger partial charge in [-0.15, -0.1) is 0 Å². The summed E-state index contributed by atoms with van der Waals surface area (Å²) in [6, 6.07) is 3.87. The monoisotopic (exact) mass is 222 g/mol. The Balaban J connectivity index is 2.55. The molecule has 1 N–H and O–H groups in total. The Hall–Kier alpha value is -1.22. The Morgan fingerprint density at radius 3 is 2.00 bits per heavy atom. The maximum Gasteiger partial charge on any atom is 0.161 e. The molecule has 1 aromatic rings. The Bertz CT molecular complexity index is 363. The number of benzene rings is 1. The summed E-state index contributed by atoms with van der Waals surface area (Å²) < 4.78 is 10.5. The second-order valence-corrected chi connectivity index (χ2v) is 4.43. The summed E-state index contributed by atoms with van der Waals surface area (Å²) in [5, 5.41) is 10.1. The van der Waals surface area contributed by atoms with Crippen LogP contribution >= 0.6 is 0 Å². The number of rotatable bonds is 2. The van der Waals surface area contributed by atoms with E-state index in [4.69, 9.17) is 9.47 Å². The molecule has 0 fully saturated rings. The molecule has 0 saturated carbocycles. The average molecular weight is 222 g/mol. The topological polar surface area (TPSA) is 38.7 Å². The van der Waals surface area contributed by atoms with E-state index in [2.05, 4.69) is 13.8 Å². The van der Waals surface area contributed by atoms with Crippen LogP contribution in [0.2, 0.25) is 0 Å². The molecule has 0 heterocycles. The van der Waals surface area contributed by atoms with Crippen molar-refractivity contribution in [1.82, 2.24) is 0 Å². The number of hydrogen-bond acceptors (Lipinski definition) is 3. The standard InChI is InChI=1S/C13H18O3/c1-7-8(2)13(14)10-6-12(16-4)11(15-3)5-9(7)10/h5-8,13-14H,1-4H3. The first kappa shape index (κ1) is 11.3. The van der Waals surface area contributed by atoms with Crippen molar-refractivity contribution in [3.05, 3.63) is 23.3 Å². The van der Waals surface area contributed by atoms with Crippen LogP contribution in [0.25, 0.3) is 0 Å². The second-order valence-electron chi connectivity index (χ2n) is 4.43. The first-order valence-electron chi connectivity index (χ1n) is 5.54. The number of aliphatic hydroxyl groups is 1. The Morgan fingerprint density at radius 2 is 1.50 bits per heavy atom. The van der Waals surface area contributed by atoms with Crippen molar-refractivity contribution in [1.29, 1.82) is 0 Å². The fraction of sp³-hybridized carbons (Fsp3) is 0.538. The molecule has 0 amide bonds. The summed E-state index contributed by atoms with van der Waals surface area (Å²) in [6.45, 7) is 4.19. The van der Waals surface area contributed by atoms with Crippen LogP contribution < -0.4 is 9.47 Å². The third-order valence-corrected chi connectivity index (χ3v) is 3.69. The molecule has 3 nitrogen and oxygen atoms in total. The van der Waals surface area contributed by atoms with Gasteiger partial charge >= 0.3 is 0 Å². The van der Waals surface area contributed by atoms with Gasteiger partial charge in [-0.2, -0.15) is 0 Å². The highest BCUT2D eigenvalue weighted by Gasteiger charge is 2.35. The van der Waals surface area contributed by atoms with E-state index >= 15 is 0 Å². The third-order valence-electron chi connectivity index (χ3n) is 3.69. The molecule has 2 rings (SSSR count). The largest absolute Gasteiger partial charge is 0.493 e. The predicted octanol–water partition coefficient (Wildman–Crippen LogP) is 2.49. The molecule has 1 aliphatic rings. The minimum atomic E-state index is -0.398. The van der Waals surface area contributed by atoms with Crippen LogP contribution in [-0.4, -0.2) is 19.3 Å². The van der Waals surface area contributed by atoms with Crippen LogP contribution in [0.3, 0.4) is 0 Å². The van der Waals surface area contributed by atoms with E-state index in [1.54, 1.807) is 14.2 Å². The lowest BCUT2D eigenvalue weighted by atomic mass is 9.96. The summed E-state index contributed by atoms with van der Waals surface area (Å²) in [6.07, 6.45) is -0.398. The van der Waals surface area contributed by atoms with Crippen LogP contribution in [0.4, 0.5) is 0 Å². The SMILES string of the molecule is COc1cc2c(cc1OC)C(O)C(C)C2C. The van der Waals surface area contributed by atoms with E-state index in [0.717, 1.165) is 16.9 Å². The maximum absolute atomic E-state index is 10.1. The minimum Gasteiger partial charge on any atom is -0.493 e. The van der Waals surface area contributed by atoms with Crippen molar-refractivity contribution >= 4 is 0 Å². The molecular formula is C13H18O3. The highest BCUT2D eigenvalue weighted by Crippen LogP contribution is 2.48. The Morgan fingerprint density at radius 1 is 1.00 bits per heavy atom. The minimum absolute atomic E-state index is 0.242. The summed E-state index contributed by atoms with van der Waals surface area (Å²) in [5.74, 6) is 2.01. The number of aliphatic hydroxyl groups excluding tert-OH is 1. The van der Waals surface area contributed by atoms with Gasteiger partial charge in [-0.05, 0) is 35.1 Å². The van der Waals surface area contributed by atoms with Crippen LogP contribution in [0.5, 0.6) is 11.5 Å². The zero-order chi connectivity index (χ0) is 11.9. The summed E-state index contributed by atoms with van der Waals surface area (Å²) in [5.41, 5.74) is 2.13. The molecule has 0 bridgehead atoms. The van der Waals surface area contributed by atoms with Crippen LogP contribution in [0, 0.1) is 5.92 Å². The van der Waals surface area contributed by atoms with Gasteiger partial charge in [-0.25, -0.2) is 0 Å². The number of hydrogen-bond donors (Lipinski definition) is 1. The first-order chi connectivity index (χ1) is 7.60. The Labute approximate surface area is 96.0 Å². The quantitative estimate of drug-likeness (QED) is 0.835.